The lowest BCUT2D eigenvalue weighted by molar-refractivity contribution is -0.237. The largest absolute Gasteiger partial charge is 0.502 e. The van der Waals surface area contributed by atoms with E-state index in [2.05, 4.69) is 4.74 Å². The van der Waals surface area contributed by atoms with E-state index in [9.17, 15) is 27.5 Å². The van der Waals surface area contributed by atoms with Gasteiger partial charge in [0.1, 0.15) is 5.82 Å². The van der Waals surface area contributed by atoms with E-state index in [0.717, 1.165) is 30.5 Å². The molecule has 0 heterocycles. The molecule has 1 atom stereocenters. The van der Waals surface area contributed by atoms with Crippen LogP contribution in [0.2, 0.25) is 0 Å². The summed E-state index contributed by atoms with van der Waals surface area (Å²) >= 11 is 0. The Kier molecular flexibility index (Phi) is 5.92. The van der Waals surface area contributed by atoms with Crippen LogP contribution in [0.3, 0.4) is 0 Å². The smallest absolute Gasteiger partial charge is 0.422 e. The van der Waals surface area contributed by atoms with Crippen molar-refractivity contribution in [3.05, 3.63) is 48.0 Å². The second-order valence-electron chi connectivity index (χ2n) is 4.37. The second-order valence-corrected chi connectivity index (χ2v) is 4.37. The number of halogens is 4. The van der Waals surface area contributed by atoms with Crippen molar-refractivity contribution in [2.24, 2.45) is 0 Å². The van der Waals surface area contributed by atoms with Crippen molar-refractivity contribution in [3.8, 4) is 0 Å². The number of benzene rings is 1. The lowest BCUT2D eigenvalue weighted by Crippen LogP contribution is -2.52. The molecule has 0 saturated heterocycles. The summed E-state index contributed by atoms with van der Waals surface area (Å²) < 4.78 is 56.0. The molecule has 0 aliphatic carbocycles. The predicted octanol–water partition coefficient (Wildman–Crippen LogP) is 2.40. The third-order valence-electron chi connectivity index (χ3n) is 2.72. The molecule has 1 aromatic carbocycles. The van der Waals surface area contributed by atoms with Crippen LogP contribution in [0.25, 0.3) is 0 Å². The van der Waals surface area contributed by atoms with Crippen LogP contribution in [-0.2, 0) is 4.74 Å². The summed E-state index contributed by atoms with van der Waals surface area (Å²) in [5.41, 5.74) is -3.29. The second kappa shape index (κ2) is 7.26. The minimum absolute atomic E-state index is 0.0280. The fourth-order valence-electron chi connectivity index (χ4n) is 1.43. The number of ether oxygens (including phenoxy) is 1. The topological polar surface area (TPSA) is 58.6 Å². The van der Waals surface area contributed by atoms with E-state index in [4.69, 9.17) is 0 Å². The van der Waals surface area contributed by atoms with Crippen LogP contribution in [0.5, 0.6) is 0 Å². The molecule has 0 saturated carbocycles. The highest BCUT2D eigenvalue weighted by Gasteiger charge is 2.52. The summed E-state index contributed by atoms with van der Waals surface area (Å²) in [7, 11) is 0. The number of aliphatic hydroxyl groups is 1. The molecule has 4 nitrogen and oxygen atoms in total. The zero-order valence-corrected chi connectivity index (χ0v) is 11.7. The highest BCUT2D eigenvalue weighted by atomic mass is 19.4. The van der Waals surface area contributed by atoms with E-state index in [0.29, 0.717) is 6.08 Å². The van der Waals surface area contributed by atoms with E-state index in [1.54, 1.807) is 6.92 Å². The van der Waals surface area contributed by atoms with Gasteiger partial charge >= 0.3 is 6.18 Å². The van der Waals surface area contributed by atoms with Gasteiger partial charge in [0.2, 0.25) is 0 Å². The summed E-state index contributed by atoms with van der Waals surface area (Å²) in [6.07, 6.45) is -3.87. The molecule has 0 radical (unpaired) electrons. The number of hydrogen-bond acceptors (Lipinski definition) is 3. The minimum Gasteiger partial charge on any atom is -0.502 e. The molecule has 0 fully saturated rings. The van der Waals surface area contributed by atoms with Crippen molar-refractivity contribution in [1.29, 1.82) is 0 Å². The average molecular weight is 321 g/mol. The molecule has 0 bridgehead atoms. The van der Waals surface area contributed by atoms with E-state index in [1.165, 1.54) is 0 Å². The summed E-state index contributed by atoms with van der Waals surface area (Å²) in [6, 6.07) is 4.24. The van der Waals surface area contributed by atoms with Gasteiger partial charge in [-0.1, -0.05) is 0 Å². The molecule has 122 valence electrons. The van der Waals surface area contributed by atoms with Gasteiger partial charge in [0.05, 0.1) is 19.4 Å². The highest BCUT2D eigenvalue weighted by molar-refractivity contribution is 5.94. The lowest BCUT2D eigenvalue weighted by atomic mass is 10.0. The van der Waals surface area contributed by atoms with Crippen LogP contribution in [0.4, 0.5) is 17.6 Å². The van der Waals surface area contributed by atoms with E-state index >= 15 is 0 Å². The third kappa shape index (κ3) is 4.73. The molecule has 8 heteroatoms. The molecule has 0 aromatic heterocycles. The van der Waals surface area contributed by atoms with Crippen molar-refractivity contribution in [1.82, 2.24) is 5.32 Å². The Morgan fingerprint density at radius 2 is 1.91 bits per heavy atom. The highest BCUT2D eigenvalue weighted by Crippen LogP contribution is 2.31. The molecule has 1 amide bonds. The Morgan fingerprint density at radius 1 is 1.32 bits per heavy atom. The number of rotatable bonds is 6. The van der Waals surface area contributed by atoms with Crippen LogP contribution in [0, 0.1) is 5.82 Å². The first-order chi connectivity index (χ1) is 10.2. The zero-order valence-electron chi connectivity index (χ0n) is 11.7. The Bertz CT molecular complexity index is 528. The minimum atomic E-state index is -5.00. The molecule has 0 spiro atoms. The molecule has 0 aliphatic rings. The SMILES string of the molecule is CCO/C=C/[C@](O)(CNC(=O)c1ccc(F)cc1)C(F)(F)F. The van der Waals surface area contributed by atoms with Crippen LogP contribution >= 0.6 is 0 Å². The summed E-state index contributed by atoms with van der Waals surface area (Å²) in [6.45, 7) is 0.593. The molecule has 22 heavy (non-hydrogen) atoms. The van der Waals surface area contributed by atoms with Crippen LogP contribution in [0.15, 0.2) is 36.6 Å². The van der Waals surface area contributed by atoms with Crippen molar-refractivity contribution >= 4 is 5.91 Å². The molecular weight excluding hydrogens is 306 g/mol. The van der Waals surface area contributed by atoms with Gasteiger partial charge in [0.15, 0.2) is 5.60 Å². The zero-order chi connectivity index (χ0) is 16.8. The first-order valence-corrected chi connectivity index (χ1v) is 6.32. The number of hydrogen-bond donors (Lipinski definition) is 2. The van der Waals surface area contributed by atoms with Crippen molar-refractivity contribution in [2.75, 3.05) is 13.2 Å². The van der Waals surface area contributed by atoms with E-state index in [1.807, 2.05) is 5.32 Å². The monoisotopic (exact) mass is 321 g/mol. The average Bonchev–Trinajstić information content (AvgIpc) is 2.44. The van der Waals surface area contributed by atoms with Crippen LogP contribution in [0.1, 0.15) is 17.3 Å². The standard InChI is InChI=1S/C14H15F4NO3/c1-2-22-8-7-13(21,14(16,17)18)9-19-12(20)10-3-5-11(15)6-4-10/h3-8,21H,2,9H2,1H3,(H,19,20)/b8-7+/t13-/m0/s1. The molecular formula is C14H15F4NO3. The molecule has 2 N–H and O–H groups in total. The normalized spacial score (nSPS) is 14.6. The maximum Gasteiger partial charge on any atom is 0.422 e. The predicted molar refractivity (Wildman–Crippen MR) is 70.5 cm³/mol. The van der Waals surface area contributed by atoms with Gasteiger partial charge in [-0.05, 0) is 37.3 Å². The molecule has 0 unspecified atom stereocenters. The lowest BCUT2D eigenvalue weighted by Gasteiger charge is -2.27. The van der Waals surface area contributed by atoms with E-state index < -0.39 is 30.0 Å². The summed E-state index contributed by atoms with van der Waals surface area (Å²) in [5, 5.41) is 11.6. The fourth-order valence-corrected chi connectivity index (χ4v) is 1.43. The molecule has 0 aliphatic heterocycles. The van der Waals surface area contributed by atoms with Gasteiger partial charge < -0.3 is 15.2 Å². The maximum absolute atomic E-state index is 12.9. The fraction of sp³-hybridized carbons (Fsp3) is 0.357. The Labute approximate surface area is 124 Å². The van der Waals surface area contributed by atoms with Crippen LogP contribution < -0.4 is 5.32 Å². The van der Waals surface area contributed by atoms with Crippen molar-refractivity contribution in [2.45, 2.75) is 18.7 Å². The number of nitrogens with one attached hydrogen (secondary N) is 1. The first kappa shape index (κ1) is 18.0. The Morgan fingerprint density at radius 3 is 2.41 bits per heavy atom. The quantitative estimate of drug-likeness (QED) is 0.625. The molecule has 1 aromatic rings. The van der Waals surface area contributed by atoms with E-state index in [-0.39, 0.29) is 12.2 Å². The van der Waals surface area contributed by atoms with Gasteiger partial charge in [-0.2, -0.15) is 13.2 Å². The summed E-state index contributed by atoms with van der Waals surface area (Å²) in [5.74, 6) is -1.45. The summed E-state index contributed by atoms with van der Waals surface area (Å²) in [4.78, 5) is 11.7. The number of carbonyl (C=O) groups is 1. The van der Waals surface area contributed by atoms with Gasteiger partial charge in [-0.15, -0.1) is 0 Å². The van der Waals surface area contributed by atoms with Gasteiger partial charge in [0, 0.05) is 5.56 Å². The van der Waals surface area contributed by atoms with Gasteiger partial charge in [-0.25, -0.2) is 4.39 Å². The first-order valence-electron chi connectivity index (χ1n) is 6.32. The number of alkyl halides is 3. The van der Waals surface area contributed by atoms with Gasteiger partial charge in [-0.3, -0.25) is 4.79 Å². The molecule has 1 rings (SSSR count). The van der Waals surface area contributed by atoms with Gasteiger partial charge in [0.25, 0.3) is 5.91 Å². The van der Waals surface area contributed by atoms with Crippen molar-refractivity contribution < 1.29 is 32.2 Å². The van der Waals surface area contributed by atoms with Crippen molar-refractivity contribution in [3.63, 3.8) is 0 Å². The number of amides is 1. The third-order valence-corrected chi connectivity index (χ3v) is 2.72. The number of carbonyl (C=O) groups excluding carboxylic acids is 1. The Hall–Kier alpha value is -2.09. The van der Waals surface area contributed by atoms with Crippen LogP contribution in [-0.4, -0.2) is 35.9 Å². The Balaban J connectivity index is 2.79. The maximum atomic E-state index is 12.9.